The monoisotopic (exact) mass is 310 g/mol. The summed E-state index contributed by atoms with van der Waals surface area (Å²) in [5.74, 6) is 0.0533. The SMILES string of the molecule is O=C(Nc1cccnc1)C1CN(c2nc3ccccc3s2)C1. The lowest BCUT2D eigenvalue weighted by Gasteiger charge is -2.37. The van der Waals surface area contributed by atoms with E-state index in [0.717, 1.165) is 16.3 Å². The molecular weight excluding hydrogens is 296 g/mol. The molecule has 0 radical (unpaired) electrons. The van der Waals surface area contributed by atoms with Crippen LogP contribution in [0, 0.1) is 5.92 Å². The molecule has 5 nitrogen and oxygen atoms in total. The molecule has 4 rings (SSSR count). The highest BCUT2D eigenvalue weighted by atomic mass is 32.1. The number of benzene rings is 1. The molecule has 0 unspecified atom stereocenters. The third-order valence-corrected chi connectivity index (χ3v) is 4.83. The van der Waals surface area contributed by atoms with Crippen LogP contribution in [-0.2, 0) is 4.79 Å². The van der Waals surface area contributed by atoms with Crippen LogP contribution in [-0.4, -0.2) is 29.0 Å². The molecule has 0 saturated carbocycles. The molecule has 1 aliphatic heterocycles. The molecule has 3 aromatic rings. The average Bonchev–Trinajstić information content (AvgIpc) is 2.90. The number of nitrogens with one attached hydrogen (secondary N) is 1. The molecule has 1 amide bonds. The summed E-state index contributed by atoms with van der Waals surface area (Å²) >= 11 is 1.67. The molecule has 1 N–H and O–H groups in total. The number of nitrogens with zero attached hydrogens (tertiary/aromatic N) is 3. The Hall–Kier alpha value is -2.47. The van der Waals surface area contributed by atoms with Crippen LogP contribution in [0.1, 0.15) is 0 Å². The molecule has 22 heavy (non-hydrogen) atoms. The van der Waals surface area contributed by atoms with Gasteiger partial charge in [0, 0.05) is 19.3 Å². The van der Waals surface area contributed by atoms with Gasteiger partial charge in [-0.2, -0.15) is 0 Å². The second-order valence-electron chi connectivity index (χ2n) is 5.30. The van der Waals surface area contributed by atoms with Crippen molar-refractivity contribution in [3.05, 3.63) is 48.8 Å². The largest absolute Gasteiger partial charge is 0.346 e. The van der Waals surface area contributed by atoms with Crippen LogP contribution in [0.3, 0.4) is 0 Å². The van der Waals surface area contributed by atoms with Gasteiger partial charge in [-0.05, 0) is 24.3 Å². The Labute approximate surface area is 131 Å². The van der Waals surface area contributed by atoms with Crippen LogP contribution in [0.4, 0.5) is 10.8 Å². The minimum Gasteiger partial charge on any atom is -0.346 e. The normalized spacial score (nSPS) is 14.8. The summed E-state index contributed by atoms with van der Waals surface area (Å²) in [7, 11) is 0. The summed E-state index contributed by atoms with van der Waals surface area (Å²) in [6, 6.07) is 11.7. The highest BCUT2D eigenvalue weighted by molar-refractivity contribution is 7.22. The molecule has 1 fully saturated rings. The number of fused-ring (bicyclic) bond motifs is 1. The van der Waals surface area contributed by atoms with Crippen LogP contribution in [0.25, 0.3) is 10.2 Å². The quantitative estimate of drug-likeness (QED) is 0.808. The Bertz CT molecular complexity index is 778. The van der Waals surface area contributed by atoms with E-state index in [2.05, 4.69) is 26.3 Å². The zero-order valence-corrected chi connectivity index (χ0v) is 12.6. The second-order valence-corrected chi connectivity index (χ2v) is 6.31. The van der Waals surface area contributed by atoms with Crippen molar-refractivity contribution in [3.8, 4) is 0 Å². The molecule has 6 heteroatoms. The molecule has 1 aromatic carbocycles. The fourth-order valence-corrected chi connectivity index (χ4v) is 3.46. The van der Waals surface area contributed by atoms with Gasteiger partial charge in [-0.15, -0.1) is 0 Å². The number of carbonyl (C=O) groups excluding carboxylic acids is 1. The minimum absolute atomic E-state index is 0.00668. The van der Waals surface area contributed by atoms with E-state index in [4.69, 9.17) is 0 Å². The Kier molecular flexibility index (Phi) is 3.23. The van der Waals surface area contributed by atoms with E-state index in [1.165, 1.54) is 4.70 Å². The van der Waals surface area contributed by atoms with Crippen LogP contribution in [0.5, 0.6) is 0 Å². The molecule has 1 aliphatic rings. The zero-order valence-electron chi connectivity index (χ0n) is 11.8. The van der Waals surface area contributed by atoms with Gasteiger partial charge in [0.05, 0.1) is 28.0 Å². The van der Waals surface area contributed by atoms with Crippen LogP contribution < -0.4 is 10.2 Å². The number of thiazole rings is 1. The number of para-hydroxylation sites is 1. The van der Waals surface area contributed by atoms with Crippen molar-refractivity contribution in [3.63, 3.8) is 0 Å². The first-order valence-corrected chi connectivity index (χ1v) is 7.93. The minimum atomic E-state index is 0.00668. The van der Waals surface area contributed by atoms with Crippen molar-refractivity contribution < 1.29 is 4.79 Å². The Morgan fingerprint density at radius 2 is 2.09 bits per heavy atom. The van der Waals surface area contributed by atoms with Gasteiger partial charge < -0.3 is 10.2 Å². The molecule has 0 aliphatic carbocycles. The van der Waals surface area contributed by atoms with E-state index in [1.54, 1.807) is 23.7 Å². The van der Waals surface area contributed by atoms with Crippen molar-refractivity contribution in [1.82, 2.24) is 9.97 Å². The van der Waals surface area contributed by atoms with Crippen LogP contribution >= 0.6 is 11.3 Å². The average molecular weight is 310 g/mol. The first-order chi connectivity index (χ1) is 10.8. The summed E-state index contributed by atoms with van der Waals surface area (Å²) < 4.78 is 1.18. The highest BCUT2D eigenvalue weighted by Crippen LogP contribution is 2.33. The van der Waals surface area contributed by atoms with Gasteiger partial charge >= 0.3 is 0 Å². The van der Waals surface area contributed by atoms with Gasteiger partial charge in [0.1, 0.15) is 0 Å². The van der Waals surface area contributed by atoms with E-state index in [0.29, 0.717) is 13.1 Å². The van der Waals surface area contributed by atoms with Crippen molar-refractivity contribution in [2.24, 2.45) is 5.92 Å². The third kappa shape index (κ3) is 2.42. The number of anilines is 2. The van der Waals surface area contributed by atoms with E-state index >= 15 is 0 Å². The summed E-state index contributed by atoms with van der Waals surface area (Å²) in [6.45, 7) is 1.43. The van der Waals surface area contributed by atoms with Crippen molar-refractivity contribution in [1.29, 1.82) is 0 Å². The molecule has 0 bridgehead atoms. The van der Waals surface area contributed by atoms with Gasteiger partial charge in [0.2, 0.25) is 5.91 Å². The lowest BCUT2D eigenvalue weighted by Crippen LogP contribution is -2.52. The zero-order chi connectivity index (χ0) is 14.9. The predicted molar refractivity (Wildman–Crippen MR) is 88.2 cm³/mol. The summed E-state index contributed by atoms with van der Waals surface area (Å²) in [6.07, 6.45) is 3.34. The number of carbonyl (C=O) groups is 1. The molecular formula is C16H14N4OS. The number of rotatable bonds is 3. The van der Waals surface area contributed by atoms with Crippen molar-refractivity contribution in [2.75, 3.05) is 23.3 Å². The fourth-order valence-electron chi connectivity index (χ4n) is 2.48. The maximum atomic E-state index is 12.2. The smallest absolute Gasteiger partial charge is 0.231 e. The molecule has 110 valence electrons. The number of hydrogen-bond donors (Lipinski definition) is 1. The van der Waals surface area contributed by atoms with Crippen LogP contribution in [0.15, 0.2) is 48.8 Å². The number of hydrogen-bond acceptors (Lipinski definition) is 5. The van der Waals surface area contributed by atoms with Gasteiger partial charge in [-0.1, -0.05) is 23.5 Å². The molecule has 2 aromatic heterocycles. The first-order valence-electron chi connectivity index (χ1n) is 7.11. The first kappa shape index (κ1) is 13.2. The lowest BCUT2D eigenvalue weighted by atomic mass is 10.00. The lowest BCUT2D eigenvalue weighted by molar-refractivity contribution is -0.120. The highest BCUT2D eigenvalue weighted by Gasteiger charge is 2.34. The molecule has 3 heterocycles. The van der Waals surface area contributed by atoms with Gasteiger partial charge in [-0.25, -0.2) is 4.98 Å². The number of amides is 1. The van der Waals surface area contributed by atoms with Crippen LogP contribution in [0.2, 0.25) is 0 Å². The fraction of sp³-hybridized carbons (Fsp3) is 0.188. The molecule has 0 atom stereocenters. The number of aromatic nitrogens is 2. The van der Waals surface area contributed by atoms with E-state index in [1.807, 2.05) is 30.3 Å². The standard InChI is InChI=1S/C16H14N4OS/c21-15(18-12-4-3-7-17-8-12)11-9-20(10-11)16-19-13-5-1-2-6-14(13)22-16/h1-8,11H,9-10H2,(H,18,21). The van der Waals surface area contributed by atoms with Gasteiger partial charge in [0.15, 0.2) is 5.13 Å². The number of pyridine rings is 1. The van der Waals surface area contributed by atoms with Gasteiger partial charge in [0.25, 0.3) is 0 Å². The second kappa shape index (κ2) is 5.38. The Balaban J connectivity index is 1.40. The van der Waals surface area contributed by atoms with Gasteiger partial charge in [-0.3, -0.25) is 9.78 Å². The third-order valence-electron chi connectivity index (χ3n) is 3.73. The maximum Gasteiger partial charge on any atom is 0.231 e. The van der Waals surface area contributed by atoms with E-state index in [9.17, 15) is 4.79 Å². The topological polar surface area (TPSA) is 58.1 Å². The molecule has 0 spiro atoms. The van der Waals surface area contributed by atoms with Crippen molar-refractivity contribution >= 4 is 38.3 Å². The Morgan fingerprint density at radius 3 is 2.86 bits per heavy atom. The van der Waals surface area contributed by atoms with E-state index < -0.39 is 0 Å². The molecule has 1 saturated heterocycles. The predicted octanol–water partition coefficient (Wildman–Crippen LogP) is 2.77. The summed E-state index contributed by atoms with van der Waals surface area (Å²) in [4.78, 5) is 22.9. The van der Waals surface area contributed by atoms with Crippen molar-refractivity contribution in [2.45, 2.75) is 0 Å². The summed E-state index contributed by atoms with van der Waals surface area (Å²) in [5.41, 5.74) is 1.76. The maximum absolute atomic E-state index is 12.2. The Morgan fingerprint density at radius 1 is 1.23 bits per heavy atom. The van der Waals surface area contributed by atoms with E-state index in [-0.39, 0.29) is 11.8 Å². The summed E-state index contributed by atoms with van der Waals surface area (Å²) in [5, 5.41) is 3.89.